The molecule has 1 saturated heterocycles. The number of aliphatic hydroxyl groups is 1. The van der Waals surface area contributed by atoms with Crippen LogP contribution in [0.2, 0.25) is 0 Å². The van der Waals surface area contributed by atoms with Gasteiger partial charge in [-0.25, -0.2) is 4.98 Å². The lowest BCUT2D eigenvalue weighted by Crippen LogP contribution is -2.46. The van der Waals surface area contributed by atoms with Gasteiger partial charge in [-0.1, -0.05) is 13.8 Å². The van der Waals surface area contributed by atoms with Crippen molar-refractivity contribution in [2.24, 2.45) is 0 Å². The Labute approximate surface area is 151 Å². The first-order chi connectivity index (χ1) is 12.2. The Morgan fingerprint density at radius 3 is 2.50 bits per heavy atom. The smallest absolute Gasteiger partial charge is 0.385 e. The van der Waals surface area contributed by atoms with Gasteiger partial charge >= 0.3 is 6.18 Å². The van der Waals surface area contributed by atoms with Crippen LogP contribution in [-0.4, -0.2) is 68.8 Å². The summed E-state index contributed by atoms with van der Waals surface area (Å²) in [6.45, 7) is 6.13. The summed E-state index contributed by atoms with van der Waals surface area (Å²) in [4.78, 5) is 20.2. The van der Waals surface area contributed by atoms with E-state index >= 15 is 0 Å². The Morgan fingerprint density at radius 1 is 1.35 bits per heavy atom. The zero-order valence-corrected chi connectivity index (χ0v) is 15.2. The van der Waals surface area contributed by atoms with Gasteiger partial charge < -0.3 is 19.5 Å². The highest BCUT2D eigenvalue weighted by Gasteiger charge is 2.31. The first-order valence-electron chi connectivity index (χ1n) is 9.02. The molecule has 9 heteroatoms. The lowest BCUT2D eigenvalue weighted by atomic mass is 10.0. The molecule has 148 valence electrons. The average Bonchev–Trinajstić information content (AvgIpc) is 3.02. The van der Waals surface area contributed by atoms with Crippen molar-refractivity contribution in [1.29, 1.82) is 0 Å². The number of piperidine rings is 1. The van der Waals surface area contributed by atoms with E-state index in [-0.39, 0.29) is 18.2 Å². The number of imidazole rings is 1. The fourth-order valence-electron chi connectivity index (χ4n) is 3.55. The number of carbonyl (C=O) groups excluding carboxylic acids is 1. The highest BCUT2D eigenvalue weighted by atomic mass is 19.4. The second kappa shape index (κ2) is 8.85. The van der Waals surface area contributed by atoms with Gasteiger partial charge in [0.05, 0.1) is 6.42 Å². The minimum atomic E-state index is -4.41. The van der Waals surface area contributed by atoms with E-state index < -0.39 is 18.8 Å². The van der Waals surface area contributed by atoms with Crippen molar-refractivity contribution in [1.82, 2.24) is 19.4 Å². The normalized spacial score (nSPS) is 17.7. The van der Waals surface area contributed by atoms with E-state index in [0.717, 1.165) is 36.7 Å². The van der Waals surface area contributed by atoms with Crippen LogP contribution < -0.4 is 0 Å². The molecule has 1 amide bonds. The molecule has 0 aliphatic carbocycles. The maximum Gasteiger partial charge on any atom is 0.406 e. The maximum absolute atomic E-state index is 12.6. The molecule has 1 aliphatic heterocycles. The Hall–Kier alpha value is -1.61. The molecule has 1 N–H and O–H groups in total. The highest BCUT2D eigenvalue weighted by Crippen LogP contribution is 2.23. The standard InChI is InChI=1S/C17H27F3N4O2/c1-3-22(4-2)13-5-8-23(9-6-13)15(26)11-14(25)16-21-7-10-24(16)12-17(18,19)20/h7,10,13-14,25H,3-6,8-9,11-12H2,1-2H3. The van der Waals surface area contributed by atoms with E-state index in [1.54, 1.807) is 4.90 Å². The van der Waals surface area contributed by atoms with E-state index in [1.807, 2.05) is 0 Å². The van der Waals surface area contributed by atoms with E-state index in [1.165, 1.54) is 6.20 Å². The van der Waals surface area contributed by atoms with Gasteiger partial charge in [0.2, 0.25) is 5.91 Å². The molecule has 0 spiro atoms. The summed E-state index contributed by atoms with van der Waals surface area (Å²) in [7, 11) is 0. The Morgan fingerprint density at radius 2 is 1.96 bits per heavy atom. The Balaban J connectivity index is 1.90. The van der Waals surface area contributed by atoms with Crippen molar-refractivity contribution in [3.8, 4) is 0 Å². The summed E-state index contributed by atoms with van der Waals surface area (Å²) >= 11 is 0. The second-order valence-electron chi connectivity index (χ2n) is 6.58. The van der Waals surface area contributed by atoms with Gasteiger partial charge in [-0.3, -0.25) is 4.79 Å². The monoisotopic (exact) mass is 376 g/mol. The van der Waals surface area contributed by atoms with Crippen LogP contribution in [0.5, 0.6) is 0 Å². The predicted octanol–water partition coefficient (Wildman–Crippen LogP) is 2.20. The van der Waals surface area contributed by atoms with E-state index in [9.17, 15) is 23.1 Å². The van der Waals surface area contributed by atoms with E-state index in [2.05, 4.69) is 23.7 Å². The van der Waals surface area contributed by atoms with Gasteiger partial charge in [0.1, 0.15) is 18.5 Å². The van der Waals surface area contributed by atoms with Gasteiger partial charge in [-0.05, 0) is 25.9 Å². The molecule has 2 heterocycles. The van der Waals surface area contributed by atoms with Crippen LogP contribution in [0.4, 0.5) is 13.2 Å². The fourth-order valence-corrected chi connectivity index (χ4v) is 3.55. The van der Waals surface area contributed by atoms with Crippen molar-refractivity contribution >= 4 is 5.91 Å². The molecule has 0 radical (unpaired) electrons. The maximum atomic E-state index is 12.6. The second-order valence-corrected chi connectivity index (χ2v) is 6.58. The number of aliphatic hydroxyl groups excluding tert-OH is 1. The number of nitrogens with zero attached hydrogens (tertiary/aromatic N) is 4. The number of likely N-dealkylation sites (tertiary alicyclic amines) is 1. The van der Waals surface area contributed by atoms with Crippen molar-refractivity contribution in [3.05, 3.63) is 18.2 Å². The average molecular weight is 376 g/mol. The first kappa shape index (κ1) is 20.7. The van der Waals surface area contributed by atoms with E-state index in [0.29, 0.717) is 19.1 Å². The molecule has 1 unspecified atom stereocenters. The third kappa shape index (κ3) is 5.44. The summed E-state index contributed by atoms with van der Waals surface area (Å²) in [5, 5.41) is 10.2. The summed E-state index contributed by atoms with van der Waals surface area (Å²) in [6.07, 6.45) is -1.93. The van der Waals surface area contributed by atoms with Crippen molar-refractivity contribution in [2.75, 3.05) is 26.2 Å². The minimum absolute atomic E-state index is 0.131. The van der Waals surface area contributed by atoms with Gasteiger partial charge in [0, 0.05) is 31.5 Å². The Kier molecular flexibility index (Phi) is 7.05. The number of hydrogen-bond acceptors (Lipinski definition) is 4. The quantitative estimate of drug-likeness (QED) is 0.793. The van der Waals surface area contributed by atoms with Gasteiger partial charge in [0.15, 0.2) is 0 Å². The molecule has 26 heavy (non-hydrogen) atoms. The molecular weight excluding hydrogens is 349 g/mol. The van der Waals surface area contributed by atoms with Crippen LogP contribution in [-0.2, 0) is 11.3 Å². The molecule has 1 fully saturated rings. The molecule has 1 aromatic heterocycles. The van der Waals surface area contributed by atoms with Crippen LogP contribution in [0.3, 0.4) is 0 Å². The number of amides is 1. The van der Waals surface area contributed by atoms with Gasteiger partial charge in [-0.2, -0.15) is 13.2 Å². The summed E-state index contributed by atoms with van der Waals surface area (Å²) < 4.78 is 38.5. The fraction of sp³-hybridized carbons (Fsp3) is 0.765. The first-order valence-corrected chi connectivity index (χ1v) is 9.02. The zero-order chi connectivity index (χ0) is 19.3. The molecule has 1 aromatic rings. The molecule has 0 aromatic carbocycles. The zero-order valence-electron chi connectivity index (χ0n) is 15.2. The molecule has 6 nitrogen and oxygen atoms in total. The lowest BCUT2D eigenvalue weighted by molar-refractivity contribution is -0.141. The van der Waals surface area contributed by atoms with E-state index in [4.69, 9.17) is 0 Å². The van der Waals surface area contributed by atoms with Crippen molar-refractivity contribution in [3.63, 3.8) is 0 Å². The third-order valence-electron chi connectivity index (χ3n) is 4.91. The van der Waals surface area contributed by atoms with Crippen LogP contribution in [0.15, 0.2) is 12.4 Å². The molecular formula is C17H27F3N4O2. The molecule has 1 aliphatic rings. The van der Waals surface area contributed by atoms with Crippen LogP contribution in [0.25, 0.3) is 0 Å². The van der Waals surface area contributed by atoms with Crippen LogP contribution in [0, 0.1) is 0 Å². The SMILES string of the molecule is CCN(CC)C1CCN(C(=O)CC(O)c2nccn2CC(F)(F)F)CC1. The summed E-state index contributed by atoms with van der Waals surface area (Å²) in [6, 6.07) is 0.449. The number of alkyl halides is 3. The molecule has 0 bridgehead atoms. The summed E-state index contributed by atoms with van der Waals surface area (Å²) in [5.74, 6) is -0.384. The van der Waals surface area contributed by atoms with Crippen molar-refractivity contribution in [2.45, 2.75) is 58.0 Å². The van der Waals surface area contributed by atoms with Gasteiger partial charge in [0.25, 0.3) is 0 Å². The third-order valence-corrected chi connectivity index (χ3v) is 4.91. The van der Waals surface area contributed by atoms with Gasteiger partial charge in [-0.15, -0.1) is 0 Å². The predicted molar refractivity (Wildman–Crippen MR) is 90.4 cm³/mol. The topological polar surface area (TPSA) is 61.6 Å². The highest BCUT2D eigenvalue weighted by molar-refractivity contribution is 5.76. The number of rotatable bonds is 7. The van der Waals surface area contributed by atoms with Crippen LogP contribution in [0.1, 0.15) is 45.0 Å². The Bertz CT molecular complexity index is 579. The van der Waals surface area contributed by atoms with Crippen LogP contribution >= 0.6 is 0 Å². The summed E-state index contributed by atoms with van der Waals surface area (Å²) in [5.41, 5.74) is 0. The number of hydrogen-bond donors (Lipinski definition) is 1. The lowest BCUT2D eigenvalue weighted by Gasteiger charge is -2.38. The minimum Gasteiger partial charge on any atom is -0.385 e. The number of carbonyl (C=O) groups is 1. The van der Waals surface area contributed by atoms with Crippen molar-refractivity contribution < 1.29 is 23.1 Å². The molecule has 2 rings (SSSR count). The largest absolute Gasteiger partial charge is 0.406 e. The molecule has 1 atom stereocenters. The number of aromatic nitrogens is 2. The molecule has 0 saturated carbocycles. The number of halogens is 3.